The number of primary sulfonamides is 1. The van der Waals surface area contributed by atoms with Gasteiger partial charge in [-0.1, -0.05) is 0 Å². The minimum absolute atomic E-state index is 0.0803. The standard InChI is InChI=1S/C16H21N3O4S/c1-18-14-4-3-13(23-2)7-12(14)8-15(18)16(20)19-6-5-11(9-19)10-24(17,21)22/h3-4,7-8,11H,5-6,9-10H2,1-2H3,(H2,17,21,22)/t11-/m1/s1. The Morgan fingerprint density at radius 2 is 2.12 bits per heavy atom. The van der Waals surface area contributed by atoms with Crippen molar-refractivity contribution >= 4 is 26.8 Å². The molecule has 130 valence electrons. The summed E-state index contributed by atoms with van der Waals surface area (Å²) in [6.07, 6.45) is 0.653. The topological polar surface area (TPSA) is 94.6 Å². The maximum atomic E-state index is 12.8. The molecule has 2 heterocycles. The average molecular weight is 351 g/mol. The summed E-state index contributed by atoms with van der Waals surface area (Å²) < 4.78 is 29.5. The molecule has 1 fully saturated rings. The van der Waals surface area contributed by atoms with E-state index in [0.717, 1.165) is 16.7 Å². The van der Waals surface area contributed by atoms with Crippen molar-refractivity contribution in [2.45, 2.75) is 6.42 Å². The lowest BCUT2D eigenvalue weighted by Gasteiger charge is -2.16. The number of nitrogens with two attached hydrogens (primary N) is 1. The third-order valence-electron chi connectivity index (χ3n) is 4.51. The van der Waals surface area contributed by atoms with Crippen LogP contribution < -0.4 is 9.88 Å². The van der Waals surface area contributed by atoms with Gasteiger partial charge in [-0.25, -0.2) is 13.6 Å². The molecule has 0 bridgehead atoms. The number of hydrogen-bond donors (Lipinski definition) is 1. The number of rotatable bonds is 4. The molecule has 7 nitrogen and oxygen atoms in total. The van der Waals surface area contributed by atoms with Crippen molar-refractivity contribution in [2.75, 3.05) is 26.0 Å². The van der Waals surface area contributed by atoms with Crippen LogP contribution in [0.2, 0.25) is 0 Å². The van der Waals surface area contributed by atoms with Crippen LogP contribution in [0.4, 0.5) is 0 Å². The molecule has 8 heteroatoms. The number of carbonyl (C=O) groups excluding carboxylic acids is 1. The largest absolute Gasteiger partial charge is 0.497 e. The Labute approximate surface area is 141 Å². The fourth-order valence-corrected chi connectivity index (χ4v) is 4.23. The Morgan fingerprint density at radius 1 is 1.38 bits per heavy atom. The molecule has 3 rings (SSSR count). The first-order valence-electron chi connectivity index (χ1n) is 7.71. The molecule has 1 aromatic carbocycles. The maximum Gasteiger partial charge on any atom is 0.270 e. The predicted molar refractivity (Wildman–Crippen MR) is 91.5 cm³/mol. The van der Waals surface area contributed by atoms with Crippen LogP contribution in [0.15, 0.2) is 24.3 Å². The number of likely N-dealkylation sites (tertiary alicyclic amines) is 1. The van der Waals surface area contributed by atoms with Gasteiger partial charge in [-0.3, -0.25) is 4.79 Å². The molecule has 0 spiro atoms. The number of hydrogen-bond acceptors (Lipinski definition) is 4. The van der Waals surface area contributed by atoms with Crippen molar-refractivity contribution in [3.63, 3.8) is 0 Å². The molecule has 2 N–H and O–H groups in total. The molecule has 0 radical (unpaired) electrons. The van der Waals surface area contributed by atoms with Gasteiger partial charge in [-0.15, -0.1) is 0 Å². The highest BCUT2D eigenvalue weighted by molar-refractivity contribution is 7.89. The second kappa shape index (κ2) is 6.10. The summed E-state index contributed by atoms with van der Waals surface area (Å²) in [5.74, 6) is 0.466. The van der Waals surface area contributed by atoms with Crippen LogP contribution in [-0.4, -0.2) is 49.7 Å². The van der Waals surface area contributed by atoms with E-state index in [0.29, 0.717) is 25.2 Å². The van der Waals surface area contributed by atoms with E-state index in [9.17, 15) is 13.2 Å². The zero-order valence-electron chi connectivity index (χ0n) is 13.7. The van der Waals surface area contributed by atoms with Crippen molar-refractivity contribution in [2.24, 2.45) is 18.1 Å². The lowest BCUT2D eigenvalue weighted by molar-refractivity contribution is 0.0779. The Bertz CT molecular complexity index is 888. The third kappa shape index (κ3) is 3.25. The van der Waals surface area contributed by atoms with E-state index in [4.69, 9.17) is 9.88 Å². The molecule has 24 heavy (non-hydrogen) atoms. The number of ether oxygens (including phenoxy) is 1. The minimum Gasteiger partial charge on any atom is -0.497 e. The van der Waals surface area contributed by atoms with Gasteiger partial charge in [0.15, 0.2) is 0 Å². The van der Waals surface area contributed by atoms with Gasteiger partial charge < -0.3 is 14.2 Å². The molecule has 1 aliphatic rings. The van der Waals surface area contributed by atoms with Crippen LogP contribution in [0.25, 0.3) is 10.9 Å². The molecular weight excluding hydrogens is 330 g/mol. The molecule has 2 aromatic rings. The van der Waals surface area contributed by atoms with E-state index in [1.54, 1.807) is 12.0 Å². The van der Waals surface area contributed by atoms with Crippen LogP contribution >= 0.6 is 0 Å². The molecule has 0 aliphatic carbocycles. The first-order chi connectivity index (χ1) is 11.3. The maximum absolute atomic E-state index is 12.8. The van der Waals surface area contributed by atoms with E-state index < -0.39 is 10.0 Å². The van der Waals surface area contributed by atoms with E-state index in [1.165, 1.54) is 0 Å². The monoisotopic (exact) mass is 351 g/mol. The quantitative estimate of drug-likeness (QED) is 0.887. The third-order valence-corrected chi connectivity index (χ3v) is 5.45. The van der Waals surface area contributed by atoms with Crippen LogP contribution in [-0.2, 0) is 17.1 Å². The number of amides is 1. The Hall–Kier alpha value is -2.06. The van der Waals surface area contributed by atoms with Gasteiger partial charge in [0, 0.05) is 31.0 Å². The highest BCUT2D eigenvalue weighted by atomic mass is 32.2. The molecule has 1 amide bonds. The van der Waals surface area contributed by atoms with Gasteiger partial charge in [0.2, 0.25) is 10.0 Å². The van der Waals surface area contributed by atoms with Gasteiger partial charge in [0.25, 0.3) is 5.91 Å². The summed E-state index contributed by atoms with van der Waals surface area (Å²) in [7, 11) is -0.0644. The first kappa shape index (κ1) is 16.8. The van der Waals surface area contributed by atoms with E-state index >= 15 is 0 Å². The van der Waals surface area contributed by atoms with Crippen molar-refractivity contribution in [1.29, 1.82) is 0 Å². The van der Waals surface area contributed by atoms with E-state index in [2.05, 4.69) is 0 Å². The Balaban J connectivity index is 1.83. The Kier molecular flexibility index (Phi) is 4.27. The van der Waals surface area contributed by atoms with Gasteiger partial charge in [-0.2, -0.15) is 0 Å². The summed E-state index contributed by atoms with van der Waals surface area (Å²) in [6, 6.07) is 7.50. The lowest BCUT2D eigenvalue weighted by Crippen LogP contribution is -2.31. The number of benzene rings is 1. The van der Waals surface area contributed by atoms with Crippen LogP contribution in [0, 0.1) is 5.92 Å². The van der Waals surface area contributed by atoms with Crippen LogP contribution in [0.5, 0.6) is 5.75 Å². The fraction of sp³-hybridized carbons (Fsp3) is 0.438. The summed E-state index contributed by atoms with van der Waals surface area (Å²) >= 11 is 0. The predicted octanol–water partition coefficient (Wildman–Crippen LogP) is 0.937. The Morgan fingerprint density at radius 3 is 2.79 bits per heavy atom. The smallest absolute Gasteiger partial charge is 0.270 e. The number of aromatic nitrogens is 1. The summed E-state index contributed by atoms with van der Waals surface area (Å²) in [5.41, 5.74) is 1.52. The summed E-state index contributed by atoms with van der Waals surface area (Å²) in [5, 5.41) is 6.03. The van der Waals surface area contributed by atoms with Crippen molar-refractivity contribution in [1.82, 2.24) is 9.47 Å². The zero-order chi connectivity index (χ0) is 17.5. The normalized spacial score (nSPS) is 18.3. The zero-order valence-corrected chi connectivity index (χ0v) is 14.5. The van der Waals surface area contributed by atoms with E-state index in [1.807, 2.05) is 35.9 Å². The molecule has 0 unspecified atom stereocenters. The lowest BCUT2D eigenvalue weighted by atomic mass is 10.2. The number of methoxy groups -OCH3 is 1. The number of sulfonamides is 1. The van der Waals surface area contributed by atoms with Crippen molar-refractivity contribution in [3.8, 4) is 5.75 Å². The van der Waals surface area contributed by atoms with Crippen LogP contribution in [0.1, 0.15) is 16.9 Å². The molecule has 1 aromatic heterocycles. The minimum atomic E-state index is -3.51. The molecule has 1 atom stereocenters. The summed E-state index contributed by atoms with van der Waals surface area (Å²) in [6.45, 7) is 0.962. The number of nitrogens with zero attached hydrogens (tertiary/aromatic N) is 2. The van der Waals surface area contributed by atoms with Gasteiger partial charge in [0.05, 0.1) is 12.9 Å². The van der Waals surface area contributed by atoms with Gasteiger partial charge in [0.1, 0.15) is 11.4 Å². The summed E-state index contributed by atoms with van der Waals surface area (Å²) in [4.78, 5) is 14.5. The van der Waals surface area contributed by atoms with Crippen molar-refractivity contribution < 1.29 is 17.9 Å². The van der Waals surface area contributed by atoms with Crippen LogP contribution in [0.3, 0.4) is 0 Å². The number of aryl methyl sites for hydroxylation is 1. The second-order valence-electron chi connectivity index (χ2n) is 6.25. The highest BCUT2D eigenvalue weighted by Crippen LogP contribution is 2.26. The molecule has 1 aliphatic heterocycles. The van der Waals surface area contributed by atoms with Crippen molar-refractivity contribution in [3.05, 3.63) is 30.0 Å². The SMILES string of the molecule is COc1ccc2c(c1)cc(C(=O)N1CC[C@@H](CS(N)(=O)=O)C1)n2C. The fourth-order valence-electron chi connectivity index (χ4n) is 3.30. The second-order valence-corrected chi connectivity index (χ2v) is 7.91. The van der Waals surface area contributed by atoms with Gasteiger partial charge in [-0.05, 0) is 36.6 Å². The first-order valence-corrected chi connectivity index (χ1v) is 9.43. The number of fused-ring (bicyclic) bond motifs is 1. The molecule has 0 saturated carbocycles. The number of carbonyl (C=O) groups is 1. The van der Waals surface area contributed by atoms with E-state index in [-0.39, 0.29) is 17.6 Å². The molecule has 1 saturated heterocycles. The van der Waals surface area contributed by atoms with Gasteiger partial charge >= 0.3 is 0 Å². The molecular formula is C16H21N3O4S. The highest BCUT2D eigenvalue weighted by Gasteiger charge is 2.30. The average Bonchev–Trinajstić information content (AvgIpc) is 3.09.